The van der Waals surface area contributed by atoms with Gasteiger partial charge in [0.15, 0.2) is 0 Å². The van der Waals surface area contributed by atoms with Crippen LogP contribution in [0.2, 0.25) is 0 Å². The van der Waals surface area contributed by atoms with Gasteiger partial charge in [0.05, 0.1) is 17.7 Å². The van der Waals surface area contributed by atoms with Crippen molar-refractivity contribution in [2.75, 3.05) is 11.9 Å². The van der Waals surface area contributed by atoms with Gasteiger partial charge in [-0.3, -0.25) is 0 Å². The van der Waals surface area contributed by atoms with Crippen LogP contribution in [0, 0.1) is 11.3 Å². The molecule has 1 unspecified atom stereocenters. The molecule has 0 saturated carbocycles. The fourth-order valence-corrected chi connectivity index (χ4v) is 2.13. The zero-order valence-corrected chi connectivity index (χ0v) is 11.1. The van der Waals surface area contributed by atoms with Gasteiger partial charge in [0, 0.05) is 23.0 Å². The largest absolute Gasteiger partial charge is 0.393 e. The van der Waals surface area contributed by atoms with E-state index in [1.54, 1.807) is 0 Å². The van der Waals surface area contributed by atoms with Crippen LogP contribution in [0.5, 0.6) is 0 Å². The van der Waals surface area contributed by atoms with Crippen LogP contribution >= 0.6 is 0 Å². The molecule has 1 atom stereocenters. The first-order valence-corrected chi connectivity index (χ1v) is 6.60. The molecule has 0 bridgehead atoms. The van der Waals surface area contributed by atoms with Gasteiger partial charge in [0.1, 0.15) is 0 Å². The summed E-state index contributed by atoms with van der Waals surface area (Å²) in [5.41, 5.74) is 1.70. The molecule has 0 saturated heterocycles. The number of nitrogens with one attached hydrogen (secondary N) is 1. The highest BCUT2D eigenvalue weighted by atomic mass is 16.3. The van der Waals surface area contributed by atoms with Crippen molar-refractivity contribution < 1.29 is 5.11 Å². The van der Waals surface area contributed by atoms with Crippen molar-refractivity contribution in [1.29, 1.82) is 5.26 Å². The van der Waals surface area contributed by atoms with E-state index >= 15 is 0 Å². The number of rotatable bonds is 5. The van der Waals surface area contributed by atoms with Crippen molar-refractivity contribution in [2.24, 2.45) is 0 Å². The minimum absolute atomic E-state index is 0.253. The Morgan fingerprint density at radius 3 is 2.63 bits per heavy atom. The molecule has 2 rings (SSSR count). The average Bonchev–Trinajstić information content (AvgIpc) is 2.47. The van der Waals surface area contributed by atoms with E-state index in [1.165, 1.54) is 0 Å². The Morgan fingerprint density at radius 2 is 1.95 bits per heavy atom. The SMILES string of the molecule is CCC(O)CCNc1ccc(C#N)c2ccccc12. The standard InChI is InChI=1S/C16H18N2O/c1-2-13(19)9-10-18-16-8-7-12(11-17)14-5-3-4-6-15(14)16/h3-8,13,18-19H,2,9-10H2,1H3. The zero-order valence-electron chi connectivity index (χ0n) is 11.1. The number of benzene rings is 2. The molecule has 0 aliphatic carbocycles. The summed E-state index contributed by atoms with van der Waals surface area (Å²) in [6.45, 7) is 2.70. The Balaban J connectivity index is 2.23. The average molecular weight is 254 g/mol. The molecule has 2 N–H and O–H groups in total. The number of fused-ring (bicyclic) bond motifs is 1. The predicted octanol–water partition coefficient (Wildman–Crippen LogP) is 3.28. The molecule has 0 aliphatic heterocycles. The highest BCUT2D eigenvalue weighted by Crippen LogP contribution is 2.26. The second kappa shape index (κ2) is 6.21. The maximum Gasteiger partial charge on any atom is 0.0998 e. The van der Waals surface area contributed by atoms with Crippen LogP contribution in [0.15, 0.2) is 36.4 Å². The van der Waals surface area contributed by atoms with E-state index in [2.05, 4.69) is 11.4 Å². The third-order valence-corrected chi connectivity index (χ3v) is 3.31. The number of nitrogens with zero attached hydrogens (tertiary/aromatic N) is 1. The second-order valence-electron chi connectivity index (χ2n) is 4.60. The first-order chi connectivity index (χ1) is 9.26. The predicted molar refractivity (Wildman–Crippen MR) is 78.1 cm³/mol. The van der Waals surface area contributed by atoms with Gasteiger partial charge in [-0.05, 0) is 25.0 Å². The minimum Gasteiger partial charge on any atom is -0.393 e. The van der Waals surface area contributed by atoms with Gasteiger partial charge in [0.25, 0.3) is 0 Å². The number of nitriles is 1. The number of aliphatic hydroxyl groups excluding tert-OH is 1. The molecule has 3 heteroatoms. The fourth-order valence-electron chi connectivity index (χ4n) is 2.13. The van der Waals surface area contributed by atoms with E-state index < -0.39 is 0 Å². The van der Waals surface area contributed by atoms with Gasteiger partial charge in [-0.2, -0.15) is 5.26 Å². The summed E-state index contributed by atoms with van der Waals surface area (Å²) in [5.74, 6) is 0. The third-order valence-electron chi connectivity index (χ3n) is 3.31. The smallest absolute Gasteiger partial charge is 0.0998 e. The van der Waals surface area contributed by atoms with Gasteiger partial charge >= 0.3 is 0 Å². The quantitative estimate of drug-likeness (QED) is 0.860. The lowest BCUT2D eigenvalue weighted by atomic mass is 10.0. The van der Waals surface area contributed by atoms with Gasteiger partial charge in [-0.1, -0.05) is 31.2 Å². The molecule has 0 radical (unpaired) electrons. The molecule has 2 aromatic carbocycles. The lowest BCUT2D eigenvalue weighted by Gasteiger charge is -2.12. The lowest BCUT2D eigenvalue weighted by molar-refractivity contribution is 0.164. The van der Waals surface area contributed by atoms with Crippen LogP contribution in [-0.2, 0) is 0 Å². The number of hydrogen-bond acceptors (Lipinski definition) is 3. The number of hydrogen-bond donors (Lipinski definition) is 2. The van der Waals surface area contributed by atoms with E-state index in [9.17, 15) is 5.11 Å². The fraction of sp³-hybridized carbons (Fsp3) is 0.312. The van der Waals surface area contributed by atoms with Crippen molar-refractivity contribution in [1.82, 2.24) is 0 Å². The topological polar surface area (TPSA) is 56.0 Å². The lowest BCUT2D eigenvalue weighted by Crippen LogP contribution is -2.12. The van der Waals surface area contributed by atoms with Gasteiger partial charge in [0.2, 0.25) is 0 Å². The first kappa shape index (κ1) is 13.4. The summed E-state index contributed by atoms with van der Waals surface area (Å²) in [6, 6.07) is 13.8. The third kappa shape index (κ3) is 3.04. The van der Waals surface area contributed by atoms with Gasteiger partial charge in [-0.15, -0.1) is 0 Å². The normalized spacial score (nSPS) is 12.1. The summed E-state index contributed by atoms with van der Waals surface area (Å²) >= 11 is 0. The van der Waals surface area contributed by atoms with Crippen molar-refractivity contribution in [3.63, 3.8) is 0 Å². The molecule has 0 aromatic heterocycles. The minimum atomic E-state index is -0.253. The number of anilines is 1. The van der Waals surface area contributed by atoms with Crippen molar-refractivity contribution in [2.45, 2.75) is 25.9 Å². The summed E-state index contributed by atoms with van der Waals surface area (Å²) in [7, 11) is 0. The Kier molecular flexibility index (Phi) is 4.38. The molecule has 0 fully saturated rings. The first-order valence-electron chi connectivity index (χ1n) is 6.60. The molecule has 19 heavy (non-hydrogen) atoms. The zero-order chi connectivity index (χ0) is 13.7. The van der Waals surface area contributed by atoms with Crippen molar-refractivity contribution in [3.05, 3.63) is 42.0 Å². The highest BCUT2D eigenvalue weighted by molar-refractivity contribution is 5.97. The van der Waals surface area contributed by atoms with Crippen LogP contribution in [0.3, 0.4) is 0 Å². The highest BCUT2D eigenvalue weighted by Gasteiger charge is 2.05. The molecule has 0 heterocycles. The van der Waals surface area contributed by atoms with Crippen LogP contribution in [0.4, 0.5) is 5.69 Å². The van der Waals surface area contributed by atoms with E-state index in [0.717, 1.165) is 35.8 Å². The van der Waals surface area contributed by atoms with E-state index in [0.29, 0.717) is 5.56 Å². The maximum atomic E-state index is 9.55. The molecular formula is C16H18N2O. The monoisotopic (exact) mass is 254 g/mol. The summed E-state index contributed by atoms with van der Waals surface area (Å²) in [4.78, 5) is 0. The Labute approximate surface area is 113 Å². The van der Waals surface area contributed by atoms with Crippen LogP contribution in [-0.4, -0.2) is 17.8 Å². The molecular weight excluding hydrogens is 236 g/mol. The van der Waals surface area contributed by atoms with Crippen LogP contribution in [0.25, 0.3) is 10.8 Å². The van der Waals surface area contributed by atoms with E-state index in [-0.39, 0.29) is 6.10 Å². The Hall–Kier alpha value is -2.05. The van der Waals surface area contributed by atoms with E-state index in [4.69, 9.17) is 5.26 Å². The molecule has 2 aromatic rings. The van der Waals surface area contributed by atoms with Gasteiger partial charge < -0.3 is 10.4 Å². The summed E-state index contributed by atoms with van der Waals surface area (Å²) in [5, 5.41) is 24.0. The Morgan fingerprint density at radius 1 is 1.21 bits per heavy atom. The molecule has 0 aliphatic rings. The second-order valence-corrected chi connectivity index (χ2v) is 4.60. The Bertz CT molecular complexity index is 601. The van der Waals surface area contributed by atoms with Crippen molar-refractivity contribution >= 4 is 16.5 Å². The van der Waals surface area contributed by atoms with Gasteiger partial charge in [-0.25, -0.2) is 0 Å². The maximum absolute atomic E-state index is 9.55. The number of aliphatic hydroxyl groups is 1. The molecule has 0 amide bonds. The summed E-state index contributed by atoms with van der Waals surface area (Å²) < 4.78 is 0. The van der Waals surface area contributed by atoms with Crippen molar-refractivity contribution in [3.8, 4) is 6.07 Å². The molecule has 98 valence electrons. The van der Waals surface area contributed by atoms with Crippen LogP contribution < -0.4 is 5.32 Å². The van der Waals surface area contributed by atoms with E-state index in [1.807, 2.05) is 43.3 Å². The van der Waals surface area contributed by atoms with Crippen LogP contribution in [0.1, 0.15) is 25.3 Å². The molecule has 3 nitrogen and oxygen atoms in total. The summed E-state index contributed by atoms with van der Waals surface area (Å²) in [6.07, 6.45) is 1.25. The molecule has 0 spiro atoms.